The second-order valence-electron chi connectivity index (χ2n) is 6.85. The Morgan fingerprint density at radius 3 is 1.82 bits per heavy atom. The second kappa shape index (κ2) is 11.7. The maximum absolute atomic E-state index is 12.4. The Bertz CT molecular complexity index is 1140. The molecule has 0 aliphatic carbocycles. The monoisotopic (exact) mass is 516 g/mol. The highest BCUT2D eigenvalue weighted by Crippen LogP contribution is 2.40. The fraction of sp³-hybridized carbons (Fsp3) is 0.0833. The standard InChI is InChI=1S/C24H18ClFN4O2S.ClH/c25-21(31)20(29-32-16-26)22-27-23(33-30-22)28-24(17-10-4-1-5-11-17,18-12-6-2-7-13-18)19-14-8-3-9-15-19;/h1-15H,16H2,(H,27,28,30);1H/b29-20+;. The number of carbonyl (C=O) groups is 1. The van der Waals surface area contributed by atoms with Crippen LogP contribution in [0.15, 0.2) is 96.2 Å². The minimum absolute atomic E-state index is 0. The molecule has 10 heteroatoms. The van der Waals surface area contributed by atoms with E-state index < -0.39 is 17.6 Å². The largest absolute Gasteiger partial charge is 0.361 e. The minimum atomic E-state index is -1.21. The summed E-state index contributed by atoms with van der Waals surface area (Å²) >= 11 is 6.60. The van der Waals surface area contributed by atoms with Crippen LogP contribution in [0.25, 0.3) is 0 Å². The van der Waals surface area contributed by atoms with Gasteiger partial charge in [-0.1, -0.05) is 96.2 Å². The molecule has 1 aromatic heterocycles. The van der Waals surface area contributed by atoms with Crippen molar-refractivity contribution in [2.75, 3.05) is 12.2 Å². The zero-order chi connectivity index (χ0) is 23.1. The molecule has 0 amide bonds. The van der Waals surface area contributed by atoms with Crippen LogP contribution in [0.1, 0.15) is 22.5 Å². The average molecular weight is 517 g/mol. The SMILES string of the molecule is Cl.O=C(Cl)/C(=N\OCF)c1nsc(NC(c2ccccc2)(c2ccccc2)c2ccccc2)n1. The van der Waals surface area contributed by atoms with Gasteiger partial charge in [-0.3, -0.25) is 4.79 Å². The zero-order valence-corrected chi connectivity index (χ0v) is 20.0. The highest BCUT2D eigenvalue weighted by Gasteiger charge is 2.37. The lowest BCUT2D eigenvalue weighted by Crippen LogP contribution is -2.38. The maximum atomic E-state index is 12.4. The summed E-state index contributed by atoms with van der Waals surface area (Å²) in [5.41, 5.74) is 1.73. The molecule has 4 rings (SSSR count). The summed E-state index contributed by atoms with van der Waals surface area (Å²) in [6.07, 6.45) is 0. The third kappa shape index (κ3) is 5.25. The lowest BCUT2D eigenvalue weighted by atomic mass is 9.77. The van der Waals surface area contributed by atoms with Crippen molar-refractivity contribution in [3.63, 3.8) is 0 Å². The van der Waals surface area contributed by atoms with Crippen LogP contribution in [-0.2, 0) is 15.2 Å². The van der Waals surface area contributed by atoms with Gasteiger partial charge < -0.3 is 10.2 Å². The van der Waals surface area contributed by atoms with Gasteiger partial charge in [0, 0.05) is 11.5 Å². The van der Waals surface area contributed by atoms with Gasteiger partial charge >= 0.3 is 0 Å². The molecule has 0 radical (unpaired) electrons. The lowest BCUT2D eigenvalue weighted by molar-refractivity contribution is -0.106. The van der Waals surface area contributed by atoms with Crippen molar-refractivity contribution in [2.24, 2.45) is 5.16 Å². The zero-order valence-electron chi connectivity index (χ0n) is 17.6. The Morgan fingerprint density at radius 2 is 1.41 bits per heavy atom. The van der Waals surface area contributed by atoms with Crippen molar-refractivity contribution < 1.29 is 14.0 Å². The molecule has 34 heavy (non-hydrogen) atoms. The van der Waals surface area contributed by atoms with Crippen LogP contribution in [0, 0.1) is 0 Å². The molecule has 0 atom stereocenters. The van der Waals surface area contributed by atoms with E-state index in [0.717, 1.165) is 28.2 Å². The second-order valence-corrected chi connectivity index (χ2v) is 7.94. The number of carbonyl (C=O) groups excluding carboxylic acids is 1. The molecule has 0 spiro atoms. The van der Waals surface area contributed by atoms with Gasteiger partial charge in [-0.05, 0) is 28.3 Å². The summed E-state index contributed by atoms with van der Waals surface area (Å²) in [5.74, 6) is -0.0564. The number of hydrogen-bond donors (Lipinski definition) is 1. The summed E-state index contributed by atoms with van der Waals surface area (Å²) in [6, 6.07) is 29.8. The Morgan fingerprint density at radius 1 is 0.941 bits per heavy atom. The number of benzene rings is 3. The summed E-state index contributed by atoms with van der Waals surface area (Å²) in [4.78, 5) is 20.5. The first kappa shape index (κ1) is 25.3. The smallest absolute Gasteiger partial charge is 0.278 e. The summed E-state index contributed by atoms with van der Waals surface area (Å²) in [7, 11) is 0. The Balaban J connectivity index is 0.00000324. The fourth-order valence-electron chi connectivity index (χ4n) is 3.57. The predicted molar refractivity (Wildman–Crippen MR) is 134 cm³/mol. The molecular formula is C24H19Cl2FN4O2S. The van der Waals surface area contributed by atoms with Gasteiger partial charge in [-0.2, -0.15) is 9.36 Å². The van der Waals surface area contributed by atoms with Crippen LogP contribution < -0.4 is 5.32 Å². The molecule has 4 aromatic rings. The number of halogens is 3. The lowest BCUT2D eigenvalue weighted by Gasteiger charge is -2.36. The predicted octanol–water partition coefficient (Wildman–Crippen LogP) is 5.78. The van der Waals surface area contributed by atoms with Crippen LogP contribution >= 0.6 is 35.5 Å². The highest BCUT2D eigenvalue weighted by atomic mass is 35.5. The normalized spacial score (nSPS) is 11.4. The number of aromatic nitrogens is 2. The van der Waals surface area contributed by atoms with E-state index in [9.17, 15) is 9.18 Å². The quantitative estimate of drug-likeness (QED) is 0.132. The summed E-state index contributed by atoms with van der Waals surface area (Å²) < 4.78 is 16.6. The molecule has 0 unspecified atom stereocenters. The molecule has 6 nitrogen and oxygen atoms in total. The van der Waals surface area contributed by atoms with Crippen molar-refractivity contribution in [1.82, 2.24) is 9.36 Å². The van der Waals surface area contributed by atoms with Crippen LogP contribution in [-0.4, -0.2) is 27.2 Å². The Kier molecular flexibility index (Phi) is 8.70. The van der Waals surface area contributed by atoms with Gasteiger partial charge in [0.2, 0.25) is 16.7 Å². The van der Waals surface area contributed by atoms with Crippen molar-refractivity contribution in [1.29, 1.82) is 0 Å². The molecule has 1 heterocycles. The minimum Gasteiger partial charge on any atom is -0.361 e. The van der Waals surface area contributed by atoms with E-state index in [1.54, 1.807) is 0 Å². The summed E-state index contributed by atoms with van der Waals surface area (Å²) in [6.45, 7) is -1.21. The topological polar surface area (TPSA) is 76.5 Å². The van der Waals surface area contributed by atoms with Gasteiger partial charge in [0.05, 0.1) is 0 Å². The molecule has 0 bridgehead atoms. The van der Waals surface area contributed by atoms with Crippen LogP contribution in [0.3, 0.4) is 0 Å². The average Bonchev–Trinajstić information content (AvgIpc) is 3.32. The van der Waals surface area contributed by atoms with Crippen molar-refractivity contribution in [3.05, 3.63) is 114 Å². The molecule has 0 aliphatic rings. The summed E-state index contributed by atoms with van der Waals surface area (Å²) in [5, 5.41) is 6.40. The number of oxime groups is 1. The van der Waals surface area contributed by atoms with Gasteiger partial charge in [0.15, 0.2) is 0 Å². The number of anilines is 1. The van der Waals surface area contributed by atoms with Crippen molar-refractivity contribution in [2.45, 2.75) is 5.54 Å². The molecular weight excluding hydrogens is 498 g/mol. The first-order valence-corrected chi connectivity index (χ1v) is 11.0. The Labute approximate surface area is 211 Å². The van der Waals surface area contributed by atoms with E-state index in [1.807, 2.05) is 91.0 Å². The van der Waals surface area contributed by atoms with Gasteiger partial charge in [0.25, 0.3) is 12.1 Å². The molecule has 0 fully saturated rings. The number of rotatable bonds is 9. The van der Waals surface area contributed by atoms with Crippen LogP contribution in [0.4, 0.5) is 9.52 Å². The van der Waals surface area contributed by atoms with Gasteiger partial charge in [-0.25, -0.2) is 4.39 Å². The van der Waals surface area contributed by atoms with Crippen molar-refractivity contribution >= 4 is 51.6 Å². The number of alkyl halides is 1. The molecule has 0 saturated carbocycles. The van der Waals surface area contributed by atoms with Gasteiger partial charge in [-0.15, -0.1) is 12.4 Å². The Hall–Kier alpha value is -3.33. The number of nitrogens with one attached hydrogen (secondary N) is 1. The van der Waals surface area contributed by atoms with E-state index in [-0.39, 0.29) is 23.9 Å². The number of hydrogen-bond acceptors (Lipinski definition) is 7. The number of nitrogens with zero attached hydrogens (tertiary/aromatic N) is 3. The molecule has 0 saturated heterocycles. The highest BCUT2D eigenvalue weighted by molar-refractivity contribution is 7.10. The third-order valence-electron chi connectivity index (χ3n) is 4.94. The maximum Gasteiger partial charge on any atom is 0.278 e. The van der Waals surface area contributed by atoms with Gasteiger partial charge in [0.1, 0.15) is 5.54 Å². The van der Waals surface area contributed by atoms with E-state index in [1.165, 1.54) is 0 Å². The molecule has 0 aliphatic heterocycles. The fourth-order valence-corrected chi connectivity index (χ4v) is 4.31. The van der Waals surface area contributed by atoms with Crippen molar-refractivity contribution in [3.8, 4) is 0 Å². The molecule has 3 aromatic carbocycles. The van der Waals surface area contributed by atoms with E-state index in [0.29, 0.717) is 5.13 Å². The van der Waals surface area contributed by atoms with E-state index in [2.05, 4.69) is 24.7 Å². The van der Waals surface area contributed by atoms with E-state index in [4.69, 9.17) is 11.6 Å². The molecule has 174 valence electrons. The third-order valence-corrected chi connectivity index (χ3v) is 5.75. The van der Waals surface area contributed by atoms with Crippen LogP contribution in [0.5, 0.6) is 0 Å². The first-order valence-electron chi connectivity index (χ1n) is 9.89. The van der Waals surface area contributed by atoms with Crippen LogP contribution in [0.2, 0.25) is 0 Å². The van der Waals surface area contributed by atoms with E-state index >= 15 is 0 Å². The first-order chi connectivity index (χ1) is 16.1. The molecule has 1 N–H and O–H groups in total.